The monoisotopic (exact) mass is 520 g/mol. The van der Waals surface area contributed by atoms with Gasteiger partial charge in [0.1, 0.15) is 0 Å². The van der Waals surface area contributed by atoms with Crippen LogP contribution in [-0.4, -0.2) is 31.6 Å². The van der Waals surface area contributed by atoms with E-state index in [0.717, 1.165) is 68.4 Å². The molecule has 0 bridgehead atoms. The average Bonchev–Trinajstić information content (AvgIpc) is 3.50. The van der Waals surface area contributed by atoms with E-state index in [4.69, 9.17) is 10.1 Å². The van der Waals surface area contributed by atoms with E-state index in [0.29, 0.717) is 5.13 Å². The van der Waals surface area contributed by atoms with Gasteiger partial charge in [0.25, 0.3) is 0 Å². The molecular weight excluding hydrogens is 496 g/mol. The van der Waals surface area contributed by atoms with Gasteiger partial charge in [-0.25, -0.2) is 9.67 Å². The van der Waals surface area contributed by atoms with E-state index in [1.165, 1.54) is 25.2 Å². The summed E-state index contributed by atoms with van der Waals surface area (Å²) in [4.78, 5) is 33.6. The number of thiazole rings is 1. The Hall–Kier alpha value is -4.63. The Morgan fingerprint density at radius 3 is 2.53 bits per heavy atom. The summed E-state index contributed by atoms with van der Waals surface area (Å²) in [5.74, 6) is -0.269. The standard InChI is InChI=1S/C29H24N6O2S/c1-17(36)31-24-11-4-3-10-22(24)19-7-5-9-21(15-19)35-27-23(26(34-35)20-8-6-14-30-16-20)12-13-25-28(27)38-29(33-25)32-18(2)37/h3-11,14-16H,12-13H2,1-2H3,(H,31,36)(H,32,33,37). The van der Waals surface area contributed by atoms with Crippen LogP contribution in [0.2, 0.25) is 0 Å². The van der Waals surface area contributed by atoms with Crippen molar-refractivity contribution in [2.75, 3.05) is 10.6 Å². The molecule has 1 aliphatic carbocycles. The fourth-order valence-electron chi connectivity index (χ4n) is 4.83. The number of hydrogen-bond donors (Lipinski definition) is 2. The zero-order chi connectivity index (χ0) is 26.2. The molecule has 9 heteroatoms. The molecule has 2 amide bonds. The number of carbonyl (C=O) groups is 2. The maximum absolute atomic E-state index is 11.8. The Morgan fingerprint density at radius 2 is 1.74 bits per heavy atom. The number of nitrogens with one attached hydrogen (secondary N) is 2. The molecule has 3 aromatic heterocycles. The zero-order valence-corrected chi connectivity index (χ0v) is 21.7. The summed E-state index contributed by atoms with van der Waals surface area (Å²) in [7, 11) is 0. The average molecular weight is 521 g/mol. The van der Waals surface area contributed by atoms with Crippen molar-refractivity contribution in [3.63, 3.8) is 0 Å². The molecule has 188 valence electrons. The van der Waals surface area contributed by atoms with Crippen LogP contribution < -0.4 is 10.6 Å². The van der Waals surface area contributed by atoms with E-state index in [-0.39, 0.29) is 11.8 Å². The molecule has 38 heavy (non-hydrogen) atoms. The van der Waals surface area contributed by atoms with Crippen molar-refractivity contribution in [2.45, 2.75) is 26.7 Å². The maximum atomic E-state index is 11.8. The highest BCUT2D eigenvalue weighted by Crippen LogP contribution is 2.44. The molecular formula is C29H24N6O2S. The summed E-state index contributed by atoms with van der Waals surface area (Å²) in [6, 6.07) is 19.8. The number of aryl methyl sites for hydroxylation is 1. The van der Waals surface area contributed by atoms with Crippen LogP contribution in [0, 0.1) is 0 Å². The van der Waals surface area contributed by atoms with Gasteiger partial charge in [-0.05, 0) is 48.7 Å². The molecule has 0 atom stereocenters. The number of para-hydroxylation sites is 1. The van der Waals surface area contributed by atoms with Gasteiger partial charge in [-0.3, -0.25) is 14.6 Å². The molecule has 8 nitrogen and oxygen atoms in total. The molecule has 2 aromatic carbocycles. The quantitative estimate of drug-likeness (QED) is 0.308. The van der Waals surface area contributed by atoms with Crippen LogP contribution in [0.15, 0.2) is 73.1 Å². The van der Waals surface area contributed by atoms with Gasteiger partial charge >= 0.3 is 0 Å². The third-order valence-corrected chi connectivity index (χ3v) is 7.38. The first-order valence-corrected chi connectivity index (χ1v) is 13.1. The molecule has 0 radical (unpaired) electrons. The second-order valence-corrected chi connectivity index (χ2v) is 10.1. The number of anilines is 2. The fraction of sp³-hybridized carbons (Fsp3) is 0.138. The first kappa shape index (κ1) is 23.7. The van der Waals surface area contributed by atoms with E-state index in [1.54, 1.807) is 6.20 Å². The van der Waals surface area contributed by atoms with Gasteiger partial charge in [0.2, 0.25) is 11.8 Å². The molecule has 0 spiro atoms. The summed E-state index contributed by atoms with van der Waals surface area (Å²) in [5, 5.41) is 11.5. The molecule has 5 aromatic rings. The molecule has 0 unspecified atom stereocenters. The topological polar surface area (TPSA) is 102 Å². The highest BCUT2D eigenvalue weighted by molar-refractivity contribution is 7.19. The molecule has 0 saturated carbocycles. The van der Waals surface area contributed by atoms with Gasteiger partial charge in [-0.15, -0.1) is 0 Å². The van der Waals surface area contributed by atoms with Crippen LogP contribution in [0.3, 0.4) is 0 Å². The van der Waals surface area contributed by atoms with Crippen LogP contribution in [0.4, 0.5) is 10.8 Å². The van der Waals surface area contributed by atoms with Crippen LogP contribution in [0.25, 0.3) is 38.6 Å². The minimum atomic E-state index is -0.147. The lowest BCUT2D eigenvalue weighted by molar-refractivity contribution is -0.115. The van der Waals surface area contributed by atoms with Crippen molar-refractivity contribution in [3.8, 4) is 38.6 Å². The minimum absolute atomic E-state index is 0.122. The lowest BCUT2D eigenvalue weighted by Gasteiger charge is -2.15. The van der Waals surface area contributed by atoms with Crippen LogP contribution >= 0.6 is 11.3 Å². The Balaban J connectivity index is 1.53. The van der Waals surface area contributed by atoms with Crippen molar-refractivity contribution in [2.24, 2.45) is 0 Å². The van der Waals surface area contributed by atoms with Crippen LogP contribution in [0.5, 0.6) is 0 Å². The van der Waals surface area contributed by atoms with Crippen molar-refractivity contribution in [1.82, 2.24) is 19.7 Å². The Kier molecular flexibility index (Phi) is 6.05. The number of aromatic nitrogens is 4. The number of carbonyl (C=O) groups excluding carboxylic acids is 2. The highest BCUT2D eigenvalue weighted by atomic mass is 32.1. The van der Waals surface area contributed by atoms with E-state index in [1.807, 2.05) is 65.5 Å². The van der Waals surface area contributed by atoms with E-state index in [9.17, 15) is 9.59 Å². The van der Waals surface area contributed by atoms with Crippen molar-refractivity contribution in [3.05, 3.63) is 84.3 Å². The third-order valence-electron chi connectivity index (χ3n) is 6.37. The lowest BCUT2D eigenvalue weighted by atomic mass is 9.95. The Bertz CT molecular complexity index is 1690. The van der Waals surface area contributed by atoms with E-state index >= 15 is 0 Å². The predicted molar refractivity (Wildman–Crippen MR) is 149 cm³/mol. The summed E-state index contributed by atoms with van der Waals surface area (Å²) in [6.45, 7) is 2.99. The zero-order valence-electron chi connectivity index (χ0n) is 20.9. The van der Waals surface area contributed by atoms with E-state index < -0.39 is 0 Å². The predicted octanol–water partition coefficient (Wildman–Crippen LogP) is 5.74. The Labute approximate surface area is 223 Å². The van der Waals surface area contributed by atoms with Crippen molar-refractivity contribution in [1.29, 1.82) is 0 Å². The number of hydrogen-bond acceptors (Lipinski definition) is 6. The molecule has 6 rings (SSSR count). The Morgan fingerprint density at radius 1 is 0.921 bits per heavy atom. The second-order valence-electron chi connectivity index (χ2n) is 9.08. The molecule has 0 fully saturated rings. The number of amides is 2. The SMILES string of the molecule is CC(=O)Nc1nc2c(s1)-c1c(c(-c3cccnc3)nn1-c1cccc(-c3ccccc3NC(C)=O)c1)CC2. The fourth-order valence-corrected chi connectivity index (χ4v) is 5.95. The molecule has 2 N–H and O–H groups in total. The summed E-state index contributed by atoms with van der Waals surface area (Å²) in [5.41, 5.74) is 8.41. The van der Waals surface area contributed by atoms with Crippen molar-refractivity contribution >= 4 is 34.0 Å². The summed E-state index contributed by atoms with van der Waals surface area (Å²) < 4.78 is 1.97. The lowest BCUT2D eigenvalue weighted by Crippen LogP contribution is -2.07. The smallest absolute Gasteiger partial charge is 0.223 e. The highest BCUT2D eigenvalue weighted by Gasteiger charge is 2.30. The number of nitrogens with zero attached hydrogens (tertiary/aromatic N) is 4. The molecule has 1 aliphatic rings. The minimum Gasteiger partial charge on any atom is -0.326 e. The van der Waals surface area contributed by atoms with Gasteiger partial charge in [0.05, 0.1) is 27.6 Å². The third kappa shape index (κ3) is 4.37. The number of rotatable bonds is 5. The van der Waals surface area contributed by atoms with Gasteiger partial charge < -0.3 is 10.6 Å². The largest absolute Gasteiger partial charge is 0.326 e. The van der Waals surface area contributed by atoms with Gasteiger partial charge in [-0.1, -0.05) is 41.7 Å². The summed E-state index contributed by atoms with van der Waals surface area (Å²) >= 11 is 1.47. The van der Waals surface area contributed by atoms with Crippen LogP contribution in [-0.2, 0) is 22.4 Å². The summed E-state index contributed by atoms with van der Waals surface area (Å²) in [6.07, 6.45) is 5.13. The molecule has 0 aliphatic heterocycles. The number of fused-ring (bicyclic) bond motifs is 3. The first-order chi connectivity index (χ1) is 18.5. The van der Waals surface area contributed by atoms with Gasteiger partial charge in [-0.2, -0.15) is 5.10 Å². The maximum Gasteiger partial charge on any atom is 0.223 e. The van der Waals surface area contributed by atoms with E-state index in [2.05, 4.69) is 21.7 Å². The number of benzene rings is 2. The van der Waals surface area contributed by atoms with Crippen molar-refractivity contribution < 1.29 is 9.59 Å². The van der Waals surface area contributed by atoms with Gasteiger partial charge in [0, 0.05) is 48.6 Å². The number of pyridine rings is 1. The molecule has 0 saturated heterocycles. The van der Waals surface area contributed by atoms with Gasteiger partial charge in [0.15, 0.2) is 5.13 Å². The molecule has 3 heterocycles. The second kappa shape index (κ2) is 9.68. The normalized spacial score (nSPS) is 11.9. The van der Waals surface area contributed by atoms with Crippen LogP contribution in [0.1, 0.15) is 25.1 Å². The first-order valence-electron chi connectivity index (χ1n) is 12.3.